The average Bonchev–Trinajstić information content (AvgIpc) is 3.55. The van der Waals surface area contributed by atoms with Gasteiger partial charge in [-0.3, -0.25) is 9.88 Å². The summed E-state index contributed by atoms with van der Waals surface area (Å²) in [6.07, 6.45) is 7.81. The van der Waals surface area contributed by atoms with Gasteiger partial charge in [-0.1, -0.05) is 6.07 Å². The molecule has 0 N–H and O–H groups in total. The van der Waals surface area contributed by atoms with Gasteiger partial charge in [0.05, 0.1) is 18.1 Å². The lowest BCUT2D eigenvalue weighted by Gasteiger charge is -2.32. The fraction of sp³-hybridized carbons (Fsp3) is 0.500. The molecule has 0 spiro atoms. The van der Waals surface area contributed by atoms with E-state index in [0.29, 0.717) is 11.7 Å². The lowest BCUT2D eigenvalue weighted by molar-refractivity contribution is 0.148. The van der Waals surface area contributed by atoms with Crippen LogP contribution in [0.4, 0.5) is 5.82 Å². The van der Waals surface area contributed by atoms with Gasteiger partial charge in [-0.05, 0) is 63.8 Å². The van der Waals surface area contributed by atoms with Crippen molar-refractivity contribution in [2.24, 2.45) is 5.92 Å². The SMILES string of the molecule is Cc1nc2nc(C)c(CC3CCN(c4cnc(-c5ccc(CN6CCN(C)CC6)cn5)cn4)C3)c(C)n2n1. The van der Waals surface area contributed by atoms with E-state index < -0.39 is 0 Å². The molecular formula is C28H36N10. The maximum absolute atomic E-state index is 4.76. The highest BCUT2D eigenvalue weighted by molar-refractivity contribution is 5.54. The number of rotatable bonds is 6. The number of piperazine rings is 1. The molecule has 2 fully saturated rings. The van der Waals surface area contributed by atoms with E-state index in [4.69, 9.17) is 15.0 Å². The molecule has 2 aliphatic rings. The monoisotopic (exact) mass is 512 g/mol. The summed E-state index contributed by atoms with van der Waals surface area (Å²) < 4.78 is 1.88. The highest BCUT2D eigenvalue weighted by atomic mass is 15.3. The summed E-state index contributed by atoms with van der Waals surface area (Å²) in [5, 5.41) is 4.52. The highest BCUT2D eigenvalue weighted by Gasteiger charge is 2.26. The predicted octanol–water partition coefficient (Wildman–Crippen LogP) is 2.72. The van der Waals surface area contributed by atoms with Crippen molar-refractivity contribution in [3.8, 4) is 11.4 Å². The number of aryl methyl sites for hydroxylation is 3. The van der Waals surface area contributed by atoms with Gasteiger partial charge in [0.1, 0.15) is 17.3 Å². The molecule has 198 valence electrons. The van der Waals surface area contributed by atoms with Crippen LogP contribution in [-0.2, 0) is 13.0 Å². The van der Waals surface area contributed by atoms with Crippen LogP contribution in [0, 0.1) is 26.7 Å². The summed E-state index contributed by atoms with van der Waals surface area (Å²) in [4.78, 5) is 30.5. The standard InChI is InChI=1S/C28H36N10/c1-19-24(20(2)38-28(32-19)33-21(3)34-38)13-22-7-8-37(18-22)27-16-30-26(15-31-27)25-6-5-23(14-29-25)17-36-11-9-35(4)10-12-36/h5-6,14-16,22H,7-13,17-18H2,1-4H3. The van der Waals surface area contributed by atoms with Crippen molar-refractivity contribution in [2.45, 2.75) is 40.2 Å². The Bertz CT molecular complexity index is 1400. The normalized spacial score (nSPS) is 19.1. The minimum atomic E-state index is 0.534. The Morgan fingerprint density at radius 1 is 0.868 bits per heavy atom. The molecule has 2 saturated heterocycles. The van der Waals surface area contributed by atoms with Crippen molar-refractivity contribution in [3.05, 3.63) is 59.1 Å². The second-order valence-electron chi connectivity index (χ2n) is 10.8. The van der Waals surface area contributed by atoms with E-state index in [1.807, 2.05) is 30.0 Å². The lowest BCUT2D eigenvalue weighted by atomic mass is 9.96. The van der Waals surface area contributed by atoms with Crippen LogP contribution in [0.2, 0.25) is 0 Å². The third-order valence-corrected chi connectivity index (χ3v) is 7.98. The summed E-state index contributed by atoms with van der Waals surface area (Å²) in [7, 11) is 2.18. The van der Waals surface area contributed by atoms with Gasteiger partial charge in [-0.15, -0.1) is 0 Å². The molecule has 0 aliphatic carbocycles. The van der Waals surface area contributed by atoms with Gasteiger partial charge in [0.15, 0.2) is 0 Å². The van der Waals surface area contributed by atoms with Crippen molar-refractivity contribution in [1.29, 1.82) is 0 Å². The molecule has 0 aromatic carbocycles. The van der Waals surface area contributed by atoms with Gasteiger partial charge in [0.25, 0.3) is 5.78 Å². The van der Waals surface area contributed by atoms with Gasteiger partial charge in [-0.2, -0.15) is 10.1 Å². The van der Waals surface area contributed by atoms with Crippen LogP contribution in [0.1, 0.15) is 34.8 Å². The first kappa shape index (κ1) is 24.8. The van der Waals surface area contributed by atoms with Crippen molar-refractivity contribution in [1.82, 2.24) is 44.3 Å². The van der Waals surface area contributed by atoms with E-state index in [-0.39, 0.29) is 0 Å². The van der Waals surface area contributed by atoms with Crippen LogP contribution in [0.5, 0.6) is 0 Å². The van der Waals surface area contributed by atoms with Crippen molar-refractivity contribution >= 4 is 11.6 Å². The van der Waals surface area contributed by atoms with Crippen LogP contribution < -0.4 is 4.90 Å². The zero-order valence-electron chi connectivity index (χ0n) is 22.8. The number of likely N-dealkylation sites (N-methyl/N-ethyl adjacent to an activating group) is 1. The molecule has 0 bridgehead atoms. The second kappa shape index (κ2) is 10.3. The van der Waals surface area contributed by atoms with E-state index in [1.165, 1.54) is 11.1 Å². The second-order valence-corrected chi connectivity index (χ2v) is 10.8. The number of hydrogen-bond donors (Lipinski definition) is 0. The molecule has 4 aromatic rings. The topological polar surface area (TPSA) is 91.5 Å². The smallest absolute Gasteiger partial charge is 0.252 e. The molecule has 1 atom stereocenters. The highest BCUT2D eigenvalue weighted by Crippen LogP contribution is 2.27. The molecule has 10 heteroatoms. The molecule has 10 nitrogen and oxygen atoms in total. The molecule has 4 aromatic heterocycles. The van der Waals surface area contributed by atoms with Crippen molar-refractivity contribution < 1.29 is 0 Å². The maximum atomic E-state index is 4.76. The molecule has 6 heterocycles. The fourth-order valence-corrected chi connectivity index (χ4v) is 5.65. The summed E-state index contributed by atoms with van der Waals surface area (Å²) in [6, 6.07) is 4.23. The largest absolute Gasteiger partial charge is 0.355 e. The summed E-state index contributed by atoms with van der Waals surface area (Å²) in [5.74, 6) is 2.90. The predicted molar refractivity (Wildman–Crippen MR) is 147 cm³/mol. The minimum Gasteiger partial charge on any atom is -0.355 e. The third-order valence-electron chi connectivity index (χ3n) is 7.98. The van der Waals surface area contributed by atoms with E-state index >= 15 is 0 Å². The van der Waals surface area contributed by atoms with Crippen LogP contribution in [0.15, 0.2) is 30.7 Å². The zero-order valence-corrected chi connectivity index (χ0v) is 22.8. The van der Waals surface area contributed by atoms with Crippen molar-refractivity contribution in [3.63, 3.8) is 0 Å². The molecule has 6 rings (SSSR count). The Balaban J connectivity index is 1.08. The molecule has 2 aliphatic heterocycles. The summed E-state index contributed by atoms with van der Waals surface area (Å²) in [6.45, 7) is 13.5. The molecule has 0 amide bonds. The Kier molecular flexibility index (Phi) is 6.75. The van der Waals surface area contributed by atoms with E-state index in [2.05, 4.69) is 62.8 Å². The van der Waals surface area contributed by atoms with Gasteiger partial charge in [0.2, 0.25) is 0 Å². The van der Waals surface area contributed by atoms with E-state index in [0.717, 1.165) is 93.1 Å². The van der Waals surface area contributed by atoms with Crippen LogP contribution in [-0.4, -0.2) is 90.7 Å². The number of aromatic nitrogens is 7. The quantitative estimate of drug-likeness (QED) is 0.387. The minimum absolute atomic E-state index is 0.534. The zero-order chi connectivity index (χ0) is 26.2. The van der Waals surface area contributed by atoms with Gasteiger partial charge >= 0.3 is 0 Å². The summed E-state index contributed by atoms with van der Waals surface area (Å²) >= 11 is 0. The first-order chi connectivity index (χ1) is 18.4. The maximum Gasteiger partial charge on any atom is 0.252 e. The van der Waals surface area contributed by atoms with E-state index in [9.17, 15) is 0 Å². The fourth-order valence-electron chi connectivity index (χ4n) is 5.65. The Labute approximate surface area is 223 Å². The molecule has 0 radical (unpaired) electrons. The van der Waals surface area contributed by atoms with Gasteiger partial charge in [-0.25, -0.2) is 19.5 Å². The Hall–Kier alpha value is -3.50. The third kappa shape index (κ3) is 5.10. The van der Waals surface area contributed by atoms with Crippen molar-refractivity contribution in [2.75, 3.05) is 51.2 Å². The Morgan fingerprint density at radius 2 is 1.68 bits per heavy atom. The molecule has 1 unspecified atom stereocenters. The van der Waals surface area contributed by atoms with E-state index in [1.54, 1.807) is 0 Å². The van der Waals surface area contributed by atoms with Crippen LogP contribution >= 0.6 is 0 Å². The van der Waals surface area contributed by atoms with Gasteiger partial charge in [0, 0.05) is 63.4 Å². The molecular weight excluding hydrogens is 476 g/mol. The first-order valence-corrected chi connectivity index (χ1v) is 13.6. The average molecular weight is 513 g/mol. The van der Waals surface area contributed by atoms with Crippen LogP contribution in [0.25, 0.3) is 17.2 Å². The Morgan fingerprint density at radius 3 is 2.42 bits per heavy atom. The number of hydrogen-bond acceptors (Lipinski definition) is 9. The number of pyridine rings is 1. The number of nitrogens with zero attached hydrogens (tertiary/aromatic N) is 10. The molecule has 38 heavy (non-hydrogen) atoms. The lowest BCUT2D eigenvalue weighted by Crippen LogP contribution is -2.43. The number of anilines is 1. The number of fused-ring (bicyclic) bond motifs is 1. The first-order valence-electron chi connectivity index (χ1n) is 13.6. The van der Waals surface area contributed by atoms with Gasteiger partial charge < -0.3 is 9.80 Å². The summed E-state index contributed by atoms with van der Waals surface area (Å²) in [5.41, 5.74) is 6.37. The molecule has 0 saturated carbocycles. The van der Waals surface area contributed by atoms with Crippen LogP contribution in [0.3, 0.4) is 0 Å².